The van der Waals surface area contributed by atoms with Crippen LogP contribution in [0.15, 0.2) is 85.1 Å². The van der Waals surface area contributed by atoms with E-state index in [1.807, 2.05) is 18.2 Å². The fraction of sp³-hybridized carbons (Fsp3) is 0.638. The predicted molar refractivity (Wildman–Crippen MR) is 240 cm³/mol. The van der Waals surface area contributed by atoms with Crippen molar-refractivity contribution < 1.29 is 57.7 Å². The summed E-state index contributed by atoms with van der Waals surface area (Å²) in [6.45, 7) is 2.97. The monoisotopic (exact) mass is 878 g/mol. The van der Waals surface area contributed by atoms with E-state index in [1.165, 1.54) is 0 Å². The van der Waals surface area contributed by atoms with Crippen molar-refractivity contribution in [2.24, 2.45) is 17.6 Å². The molecule has 0 radical (unpaired) electrons. The van der Waals surface area contributed by atoms with E-state index in [2.05, 4.69) is 68.5 Å². The third-order valence-corrected chi connectivity index (χ3v) is 10.7. The maximum atomic E-state index is 12.8. The van der Waals surface area contributed by atoms with Gasteiger partial charge in [-0.2, -0.15) is 0 Å². The zero-order chi connectivity index (χ0) is 45.0. The first kappa shape index (κ1) is 55.8. The Kier molecular flexibility index (Phi) is 33.1. The molecular formula is C47H76NO12P. The summed E-state index contributed by atoms with van der Waals surface area (Å²) in [5.41, 5.74) is 5.33. The van der Waals surface area contributed by atoms with Gasteiger partial charge in [0.1, 0.15) is 12.4 Å². The Morgan fingerprint density at radius 3 is 1.92 bits per heavy atom. The van der Waals surface area contributed by atoms with E-state index in [0.717, 1.165) is 51.4 Å². The number of aliphatic hydroxyl groups is 3. The largest absolute Gasteiger partial charge is 0.472 e. The highest BCUT2D eigenvalue weighted by atomic mass is 31.2. The number of ketones is 1. The smallest absolute Gasteiger partial charge is 0.462 e. The molecule has 0 saturated heterocycles. The average molecular weight is 878 g/mol. The Hall–Kier alpha value is -3.26. The number of phosphoric ester groups is 1. The Morgan fingerprint density at radius 2 is 1.33 bits per heavy atom. The van der Waals surface area contributed by atoms with Crippen LogP contribution in [0.3, 0.4) is 0 Å². The number of unbranched alkanes of at least 4 members (excludes halogenated alkanes) is 3. The SMILES string of the molecule is CC/C=C\C/C=C\C/C=C\C/C=C\C/C=C\C/C=C\CCC(=O)O[C@H](COC(=O)CCCCC(=O)C[C@@H]1[C@@H](/C=C/[C@@H](O)CCCCC)[C@H](O)C[C@@H]1O)COP(=O)(O)OCCN. The Labute approximate surface area is 365 Å². The van der Waals surface area contributed by atoms with Gasteiger partial charge in [-0.3, -0.25) is 23.4 Å². The van der Waals surface area contributed by atoms with Crippen molar-refractivity contribution >= 4 is 25.5 Å². The quantitative estimate of drug-likeness (QED) is 0.0173. The van der Waals surface area contributed by atoms with Crippen molar-refractivity contribution in [2.75, 3.05) is 26.4 Å². The lowest BCUT2D eigenvalue weighted by Crippen LogP contribution is -2.29. The van der Waals surface area contributed by atoms with Gasteiger partial charge in [0.25, 0.3) is 0 Å². The predicted octanol–water partition coefficient (Wildman–Crippen LogP) is 8.39. The fourth-order valence-electron chi connectivity index (χ4n) is 6.42. The maximum absolute atomic E-state index is 12.8. The number of rotatable bonds is 36. The van der Waals surface area contributed by atoms with Gasteiger partial charge in [0.2, 0.25) is 0 Å². The van der Waals surface area contributed by atoms with Crippen LogP contribution in [0.2, 0.25) is 0 Å². The molecule has 0 spiro atoms. The van der Waals surface area contributed by atoms with Gasteiger partial charge in [-0.25, -0.2) is 4.57 Å². The third kappa shape index (κ3) is 30.4. The molecule has 14 heteroatoms. The van der Waals surface area contributed by atoms with E-state index >= 15 is 0 Å². The fourth-order valence-corrected chi connectivity index (χ4v) is 7.18. The van der Waals surface area contributed by atoms with Gasteiger partial charge >= 0.3 is 19.8 Å². The van der Waals surface area contributed by atoms with Crippen LogP contribution in [0.4, 0.5) is 0 Å². The Morgan fingerprint density at radius 1 is 0.738 bits per heavy atom. The van der Waals surface area contributed by atoms with Crippen LogP contribution in [-0.2, 0) is 37.5 Å². The highest BCUT2D eigenvalue weighted by Crippen LogP contribution is 2.43. The van der Waals surface area contributed by atoms with Gasteiger partial charge in [-0.1, -0.05) is 118 Å². The summed E-state index contributed by atoms with van der Waals surface area (Å²) >= 11 is 0. The minimum absolute atomic E-state index is 0.0160. The van der Waals surface area contributed by atoms with Crippen LogP contribution >= 0.6 is 7.82 Å². The zero-order valence-corrected chi connectivity index (χ0v) is 37.6. The molecule has 7 atom stereocenters. The number of nitrogens with two attached hydrogens (primary N) is 1. The van der Waals surface area contributed by atoms with Crippen LogP contribution in [0.25, 0.3) is 0 Å². The van der Waals surface area contributed by atoms with E-state index in [0.29, 0.717) is 32.1 Å². The molecule has 1 fully saturated rings. The maximum Gasteiger partial charge on any atom is 0.472 e. The number of ether oxygens (including phenoxy) is 2. The van der Waals surface area contributed by atoms with Crippen molar-refractivity contribution in [1.82, 2.24) is 0 Å². The first-order valence-electron chi connectivity index (χ1n) is 22.2. The summed E-state index contributed by atoms with van der Waals surface area (Å²) in [7, 11) is -4.50. The minimum Gasteiger partial charge on any atom is -0.462 e. The summed E-state index contributed by atoms with van der Waals surface area (Å²) in [6, 6.07) is 0. The molecular weight excluding hydrogens is 801 g/mol. The van der Waals surface area contributed by atoms with Gasteiger partial charge in [0.05, 0.1) is 31.5 Å². The third-order valence-electron chi connectivity index (χ3n) is 9.76. The van der Waals surface area contributed by atoms with Crippen molar-refractivity contribution in [3.63, 3.8) is 0 Å². The molecule has 1 unspecified atom stereocenters. The highest BCUT2D eigenvalue weighted by Gasteiger charge is 2.41. The molecule has 1 rings (SSSR count). The first-order chi connectivity index (χ1) is 29.4. The van der Waals surface area contributed by atoms with Crippen LogP contribution in [0, 0.1) is 11.8 Å². The first-order valence-corrected chi connectivity index (χ1v) is 23.7. The Balaban J connectivity index is 2.47. The van der Waals surface area contributed by atoms with Crippen LogP contribution in [-0.4, -0.2) is 88.7 Å². The number of aliphatic hydroxyl groups excluding tert-OH is 3. The van der Waals surface area contributed by atoms with Crippen LogP contribution in [0.5, 0.6) is 0 Å². The summed E-state index contributed by atoms with van der Waals surface area (Å²) in [5, 5.41) is 31.3. The van der Waals surface area contributed by atoms with Crippen LogP contribution < -0.4 is 5.73 Å². The molecule has 1 aliphatic rings. The standard InChI is InChI=1S/C47H76NO12P/c1-3-5-7-8-9-10-11-12-13-14-15-16-17-18-19-20-21-22-24-30-47(54)60-41(38-59-61(55,56)58-34-33-48)37-57-46(53)29-26-25-28-40(50)35-43-42(44(51)36-45(43)52)32-31-39(49)27-23-6-4-2/h5,7,9-10,12-13,15-16,18-19,21-22,31-32,39,41-45,49,51-52H,3-4,6,8,11,14,17,20,23-30,33-38,48H2,1-2H3,(H,55,56)/b7-5-,10-9-,13-12-,16-15-,19-18-,22-21-,32-31+/t39-,41+,42+,43+,44+,45-/m0/s1. The molecule has 0 aliphatic heterocycles. The molecule has 0 amide bonds. The highest BCUT2D eigenvalue weighted by molar-refractivity contribution is 7.47. The summed E-state index contributed by atoms with van der Waals surface area (Å²) < 4.78 is 32.6. The van der Waals surface area contributed by atoms with E-state index < -0.39 is 69.2 Å². The van der Waals surface area contributed by atoms with Gasteiger partial charge in [0.15, 0.2) is 6.10 Å². The van der Waals surface area contributed by atoms with Crippen molar-refractivity contribution in [1.29, 1.82) is 0 Å². The summed E-state index contributed by atoms with van der Waals surface area (Å²) in [4.78, 5) is 47.9. The molecule has 0 aromatic heterocycles. The van der Waals surface area contributed by atoms with Gasteiger partial charge in [0, 0.05) is 50.5 Å². The number of phosphoric acid groups is 1. The van der Waals surface area contributed by atoms with Gasteiger partial charge in [-0.15, -0.1) is 0 Å². The van der Waals surface area contributed by atoms with E-state index in [4.69, 9.17) is 24.3 Å². The molecule has 0 heterocycles. The van der Waals surface area contributed by atoms with Crippen molar-refractivity contribution in [2.45, 2.75) is 154 Å². The molecule has 0 aromatic carbocycles. The Bertz CT molecular complexity index is 1450. The molecule has 13 nitrogen and oxygen atoms in total. The van der Waals surface area contributed by atoms with E-state index in [1.54, 1.807) is 12.2 Å². The molecule has 6 N–H and O–H groups in total. The molecule has 0 bridgehead atoms. The zero-order valence-electron chi connectivity index (χ0n) is 36.7. The normalized spacial score (nSPS) is 20.6. The molecule has 1 saturated carbocycles. The lowest BCUT2D eigenvalue weighted by molar-refractivity contribution is -0.161. The number of hydrogen-bond donors (Lipinski definition) is 5. The number of Topliss-reactive ketones (excluding diaryl/α,β-unsaturated/α-hetero) is 1. The van der Waals surface area contributed by atoms with Gasteiger partial charge < -0.3 is 35.4 Å². The van der Waals surface area contributed by atoms with Crippen LogP contribution in [0.1, 0.15) is 129 Å². The second-order valence-electron chi connectivity index (χ2n) is 15.1. The number of hydrogen-bond acceptors (Lipinski definition) is 12. The lowest BCUT2D eigenvalue weighted by Gasteiger charge is -2.20. The van der Waals surface area contributed by atoms with Crippen molar-refractivity contribution in [3.05, 3.63) is 85.1 Å². The number of carbonyl (C=O) groups excluding carboxylic acids is 3. The van der Waals surface area contributed by atoms with E-state index in [9.17, 15) is 39.2 Å². The summed E-state index contributed by atoms with van der Waals surface area (Å²) in [6.07, 6.45) is 35.5. The lowest BCUT2D eigenvalue weighted by atomic mass is 9.87. The van der Waals surface area contributed by atoms with E-state index in [-0.39, 0.29) is 51.0 Å². The molecule has 0 aromatic rings. The average Bonchev–Trinajstić information content (AvgIpc) is 3.49. The topological polar surface area (TPSA) is 212 Å². The second-order valence-corrected chi connectivity index (χ2v) is 16.6. The molecule has 1 aliphatic carbocycles. The molecule has 61 heavy (non-hydrogen) atoms. The van der Waals surface area contributed by atoms with Crippen molar-refractivity contribution in [3.8, 4) is 0 Å². The molecule has 346 valence electrons. The number of carbonyl (C=O) groups is 3. The van der Waals surface area contributed by atoms with Gasteiger partial charge in [-0.05, 0) is 64.2 Å². The second kappa shape index (κ2) is 36.2. The summed E-state index contributed by atoms with van der Waals surface area (Å²) in [5.74, 6) is -2.24. The number of allylic oxidation sites excluding steroid dienone is 12. The minimum atomic E-state index is -4.50. The number of esters is 2.